The number of benzene rings is 2. The summed E-state index contributed by atoms with van der Waals surface area (Å²) in [5, 5.41) is 10.3. The van der Waals surface area contributed by atoms with E-state index < -0.39 is 6.10 Å². The molecule has 1 aromatic heterocycles. The van der Waals surface area contributed by atoms with E-state index in [9.17, 15) is 9.50 Å². The van der Waals surface area contributed by atoms with Crippen molar-refractivity contribution in [2.75, 3.05) is 37.6 Å². The van der Waals surface area contributed by atoms with Crippen molar-refractivity contribution in [3.8, 4) is 0 Å². The summed E-state index contributed by atoms with van der Waals surface area (Å²) in [5.41, 5.74) is 2.40. The molecule has 4 rings (SSSR count). The Balaban J connectivity index is 1.35. The third kappa shape index (κ3) is 3.50. The molecule has 2 aromatic carbocycles. The first-order valence-corrected chi connectivity index (χ1v) is 8.45. The number of piperazine rings is 1. The Morgan fingerprint density at radius 3 is 2.48 bits per heavy atom. The lowest BCUT2D eigenvalue weighted by molar-refractivity contribution is 0.109. The maximum absolute atomic E-state index is 13.0. The number of fused-ring (bicyclic) bond motifs is 1. The highest BCUT2D eigenvalue weighted by molar-refractivity contribution is 5.74. The van der Waals surface area contributed by atoms with Gasteiger partial charge in [-0.15, -0.1) is 0 Å². The second-order valence-corrected chi connectivity index (χ2v) is 6.32. The number of nitrogens with zero attached hydrogens (tertiary/aromatic N) is 3. The molecule has 0 aliphatic carbocycles. The third-order valence-electron chi connectivity index (χ3n) is 4.61. The van der Waals surface area contributed by atoms with E-state index in [4.69, 9.17) is 4.42 Å². The zero-order valence-electron chi connectivity index (χ0n) is 13.8. The highest BCUT2D eigenvalue weighted by Gasteiger charge is 2.23. The van der Waals surface area contributed by atoms with Gasteiger partial charge in [-0.1, -0.05) is 24.3 Å². The van der Waals surface area contributed by atoms with E-state index in [-0.39, 0.29) is 5.82 Å². The number of hydrogen-bond acceptors (Lipinski definition) is 5. The number of oxazole rings is 1. The van der Waals surface area contributed by atoms with Crippen molar-refractivity contribution in [2.24, 2.45) is 0 Å². The van der Waals surface area contributed by atoms with Crippen LogP contribution in [-0.2, 0) is 0 Å². The van der Waals surface area contributed by atoms with E-state index in [0.717, 1.165) is 42.8 Å². The summed E-state index contributed by atoms with van der Waals surface area (Å²) in [6.07, 6.45) is -0.614. The fourth-order valence-electron chi connectivity index (χ4n) is 3.15. The van der Waals surface area contributed by atoms with Crippen LogP contribution in [0.1, 0.15) is 11.7 Å². The van der Waals surface area contributed by atoms with Crippen molar-refractivity contribution >= 4 is 17.1 Å². The first kappa shape index (κ1) is 16.1. The van der Waals surface area contributed by atoms with Gasteiger partial charge < -0.3 is 14.4 Å². The van der Waals surface area contributed by atoms with Crippen molar-refractivity contribution < 1.29 is 13.9 Å². The van der Waals surface area contributed by atoms with Crippen LogP contribution in [0.4, 0.5) is 10.4 Å². The van der Waals surface area contributed by atoms with Gasteiger partial charge in [0.2, 0.25) is 0 Å². The van der Waals surface area contributed by atoms with Gasteiger partial charge in [0.05, 0.1) is 6.10 Å². The molecule has 1 unspecified atom stereocenters. The number of aliphatic hydroxyl groups excluding tert-OH is 1. The summed E-state index contributed by atoms with van der Waals surface area (Å²) in [7, 11) is 0. The summed E-state index contributed by atoms with van der Waals surface area (Å²) in [6, 6.07) is 14.4. The maximum Gasteiger partial charge on any atom is 0.298 e. The molecule has 6 heteroatoms. The number of hydrogen-bond donors (Lipinski definition) is 1. The number of halogens is 1. The molecule has 1 atom stereocenters. The molecule has 0 radical (unpaired) electrons. The Bertz CT molecular complexity index is 808. The van der Waals surface area contributed by atoms with Crippen LogP contribution >= 0.6 is 0 Å². The molecule has 2 heterocycles. The van der Waals surface area contributed by atoms with Crippen LogP contribution in [0, 0.1) is 5.82 Å². The van der Waals surface area contributed by atoms with Gasteiger partial charge in [0.25, 0.3) is 6.01 Å². The zero-order chi connectivity index (χ0) is 17.2. The first-order chi connectivity index (χ1) is 12.2. The second-order valence-electron chi connectivity index (χ2n) is 6.32. The smallest absolute Gasteiger partial charge is 0.298 e. The van der Waals surface area contributed by atoms with Gasteiger partial charge >= 0.3 is 0 Å². The number of aromatic nitrogens is 1. The van der Waals surface area contributed by atoms with Crippen molar-refractivity contribution in [1.82, 2.24) is 9.88 Å². The summed E-state index contributed by atoms with van der Waals surface area (Å²) >= 11 is 0. The van der Waals surface area contributed by atoms with Gasteiger partial charge in [0.15, 0.2) is 5.58 Å². The number of aliphatic hydroxyl groups is 1. The van der Waals surface area contributed by atoms with Crippen molar-refractivity contribution in [2.45, 2.75) is 6.10 Å². The van der Waals surface area contributed by atoms with Crippen LogP contribution < -0.4 is 4.90 Å². The minimum atomic E-state index is -0.614. The van der Waals surface area contributed by atoms with E-state index in [0.29, 0.717) is 12.6 Å². The third-order valence-corrected chi connectivity index (χ3v) is 4.61. The highest BCUT2D eigenvalue weighted by Crippen LogP contribution is 2.23. The lowest BCUT2D eigenvalue weighted by atomic mass is 10.1. The van der Waals surface area contributed by atoms with Gasteiger partial charge in [-0.05, 0) is 29.8 Å². The van der Waals surface area contributed by atoms with Crippen LogP contribution in [0.2, 0.25) is 0 Å². The van der Waals surface area contributed by atoms with Gasteiger partial charge in [-0.25, -0.2) is 4.39 Å². The Hall–Kier alpha value is -2.44. The van der Waals surface area contributed by atoms with Gasteiger partial charge in [0, 0.05) is 32.7 Å². The normalized spacial score (nSPS) is 17.1. The standard InChI is InChI=1S/C19H20FN3O2/c20-15-7-5-14(6-8-15)17(24)13-22-9-11-23(12-10-22)19-21-16-3-1-2-4-18(16)25-19/h1-8,17,24H,9-13H2. The molecule has 1 N–H and O–H groups in total. The van der Waals surface area contributed by atoms with Crippen LogP contribution in [0.5, 0.6) is 0 Å². The molecule has 25 heavy (non-hydrogen) atoms. The van der Waals surface area contributed by atoms with Crippen LogP contribution in [-0.4, -0.2) is 47.7 Å². The Morgan fingerprint density at radius 2 is 1.76 bits per heavy atom. The fraction of sp³-hybridized carbons (Fsp3) is 0.316. The molecule has 0 spiro atoms. The van der Waals surface area contributed by atoms with E-state index in [1.54, 1.807) is 12.1 Å². The molecule has 3 aromatic rings. The Morgan fingerprint density at radius 1 is 1.04 bits per heavy atom. The topological polar surface area (TPSA) is 52.7 Å². The molecule has 0 saturated carbocycles. The number of rotatable bonds is 4. The number of para-hydroxylation sites is 2. The van der Waals surface area contributed by atoms with E-state index in [2.05, 4.69) is 14.8 Å². The Labute approximate surface area is 145 Å². The van der Waals surface area contributed by atoms with E-state index >= 15 is 0 Å². The molecule has 1 saturated heterocycles. The molecule has 5 nitrogen and oxygen atoms in total. The van der Waals surface area contributed by atoms with Crippen LogP contribution in [0.25, 0.3) is 11.1 Å². The van der Waals surface area contributed by atoms with Crippen LogP contribution in [0.3, 0.4) is 0 Å². The van der Waals surface area contributed by atoms with Crippen LogP contribution in [0.15, 0.2) is 52.9 Å². The lowest BCUT2D eigenvalue weighted by Gasteiger charge is -2.34. The second kappa shape index (κ2) is 6.82. The lowest BCUT2D eigenvalue weighted by Crippen LogP contribution is -2.47. The molecule has 1 aliphatic heterocycles. The first-order valence-electron chi connectivity index (χ1n) is 8.45. The zero-order valence-corrected chi connectivity index (χ0v) is 13.8. The molecule has 0 bridgehead atoms. The predicted molar refractivity (Wildman–Crippen MR) is 94.0 cm³/mol. The average Bonchev–Trinajstić information content (AvgIpc) is 3.07. The summed E-state index contributed by atoms with van der Waals surface area (Å²) in [5.74, 6) is -0.289. The monoisotopic (exact) mass is 341 g/mol. The highest BCUT2D eigenvalue weighted by atomic mass is 19.1. The van der Waals surface area contributed by atoms with E-state index in [1.165, 1.54) is 12.1 Å². The predicted octanol–water partition coefficient (Wildman–Crippen LogP) is 2.82. The molecule has 0 amide bonds. The summed E-state index contributed by atoms with van der Waals surface area (Å²) in [4.78, 5) is 8.86. The summed E-state index contributed by atoms with van der Waals surface area (Å²) < 4.78 is 18.8. The molecule has 1 fully saturated rings. The summed E-state index contributed by atoms with van der Waals surface area (Å²) in [6.45, 7) is 3.76. The maximum atomic E-state index is 13.0. The largest absolute Gasteiger partial charge is 0.423 e. The average molecular weight is 341 g/mol. The van der Waals surface area contributed by atoms with Crippen molar-refractivity contribution in [3.63, 3.8) is 0 Å². The Kier molecular flexibility index (Phi) is 4.38. The van der Waals surface area contributed by atoms with Gasteiger partial charge in [0.1, 0.15) is 11.3 Å². The van der Waals surface area contributed by atoms with Gasteiger partial charge in [-0.3, -0.25) is 4.90 Å². The molecular formula is C19H20FN3O2. The SMILES string of the molecule is OC(CN1CCN(c2nc3ccccc3o2)CC1)c1ccc(F)cc1. The van der Waals surface area contributed by atoms with Crippen molar-refractivity contribution in [1.29, 1.82) is 0 Å². The molecule has 1 aliphatic rings. The minimum absolute atomic E-state index is 0.289. The molecule has 130 valence electrons. The fourth-order valence-corrected chi connectivity index (χ4v) is 3.15. The van der Waals surface area contributed by atoms with Crippen molar-refractivity contribution in [3.05, 3.63) is 59.9 Å². The minimum Gasteiger partial charge on any atom is -0.423 e. The van der Waals surface area contributed by atoms with E-state index in [1.807, 2.05) is 24.3 Å². The number of β-amino-alcohol motifs (C(OH)–C–C–N with tert-alkyl or cyclic N) is 1. The number of anilines is 1. The quantitative estimate of drug-likeness (QED) is 0.791. The molecular weight excluding hydrogens is 321 g/mol. The van der Waals surface area contributed by atoms with Gasteiger partial charge in [-0.2, -0.15) is 4.98 Å².